The Balaban J connectivity index is 1.95. The minimum Gasteiger partial charge on any atom is -0.466 e. The SMILES string of the molecule is CCC1=C(C(=O)OC)[C@H](c2cccc(Cl)c2F)c2c(sc(C(=O)c3cccc(C#N)c3)c2N)N1. The van der Waals surface area contributed by atoms with Crippen molar-refractivity contribution >= 4 is 45.4 Å². The summed E-state index contributed by atoms with van der Waals surface area (Å²) in [4.78, 5) is 26.4. The number of benzene rings is 2. The molecule has 34 heavy (non-hydrogen) atoms. The average Bonchev–Trinajstić information content (AvgIpc) is 3.19. The highest BCUT2D eigenvalue weighted by Crippen LogP contribution is 2.51. The van der Waals surface area contributed by atoms with Crippen molar-refractivity contribution in [2.75, 3.05) is 18.2 Å². The summed E-state index contributed by atoms with van der Waals surface area (Å²) in [5.74, 6) is -2.63. The first-order chi connectivity index (χ1) is 16.3. The van der Waals surface area contributed by atoms with E-state index in [4.69, 9.17) is 22.1 Å². The van der Waals surface area contributed by atoms with Crippen LogP contribution in [0.25, 0.3) is 0 Å². The van der Waals surface area contributed by atoms with Gasteiger partial charge in [-0.25, -0.2) is 9.18 Å². The summed E-state index contributed by atoms with van der Waals surface area (Å²) in [6, 6.07) is 12.8. The van der Waals surface area contributed by atoms with E-state index in [9.17, 15) is 14.9 Å². The lowest BCUT2D eigenvalue weighted by molar-refractivity contribution is -0.136. The molecule has 1 atom stereocenters. The van der Waals surface area contributed by atoms with Gasteiger partial charge in [0, 0.05) is 22.4 Å². The number of ether oxygens (including phenoxy) is 1. The molecule has 172 valence electrons. The van der Waals surface area contributed by atoms with Crippen LogP contribution in [0.4, 0.5) is 15.1 Å². The second-order valence-corrected chi connectivity index (χ2v) is 8.98. The van der Waals surface area contributed by atoms with Gasteiger partial charge in [-0.2, -0.15) is 5.26 Å². The average molecular weight is 496 g/mol. The number of rotatable bonds is 5. The maximum atomic E-state index is 15.2. The van der Waals surface area contributed by atoms with E-state index in [2.05, 4.69) is 5.32 Å². The molecule has 0 aliphatic carbocycles. The highest BCUT2D eigenvalue weighted by molar-refractivity contribution is 7.19. The van der Waals surface area contributed by atoms with Gasteiger partial charge in [0.2, 0.25) is 5.78 Å². The Bertz CT molecular complexity index is 1410. The van der Waals surface area contributed by atoms with Crippen molar-refractivity contribution < 1.29 is 18.7 Å². The first-order valence-electron chi connectivity index (χ1n) is 10.3. The third-order valence-electron chi connectivity index (χ3n) is 5.66. The summed E-state index contributed by atoms with van der Waals surface area (Å²) in [7, 11) is 1.25. The van der Waals surface area contributed by atoms with Gasteiger partial charge in [0.25, 0.3) is 0 Å². The molecule has 0 saturated heterocycles. The molecule has 0 fully saturated rings. The Morgan fingerprint density at radius 1 is 1.29 bits per heavy atom. The van der Waals surface area contributed by atoms with Crippen molar-refractivity contribution in [1.29, 1.82) is 5.26 Å². The summed E-state index contributed by atoms with van der Waals surface area (Å²) in [6.07, 6.45) is 0.424. The fourth-order valence-corrected chi connectivity index (χ4v) is 5.40. The number of hydrogen-bond acceptors (Lipinski definition) is 7. The number of thiophene rings is 1. The van der Waals surface area contributed by atoms with Crippen LogP contribution in [0.5, 0.6) is 0 Å². The minimum absolute atomic E-state index is 0.0988. The first-order valence-corrected chi connectivity index (χ1v) is 11.5. The van der Waals surface area contributed by atoms with E-state index >= 15 is 4.39 Å². The third kappa shape index (κ3) is 3.83. The van der Waals surface area contributed by atoms with Crippen LogP contribution in [0.3, 0.4) is 0 Å². The topological polar surface area (TPSA) is 105 Å². The quantitative estimate of drug-likeness (QED) is 0.351. The zero-order valence-corrected chi connectivity index (χ0v) is 19.8. The van der Waals surface area contributed by atoms with Gasteiger partial charge >= 0.3 is 5.97 Å². The van der Waals surface area contributed by atoms with E-state index in [1.807, 2.05) is 13.0 Å². The van der Waals surface area contributed by atoms with Gasteiger partial charge in [-0.05, 0) is 24.6 Å². The van der Waals surface area contributed by atoms with Crippen LogP contribution in [-0.2, 0) is 9.53 Å². The number of carbonyl (C=O) groups is 2. The van der Waals surface area contributed by atoms with Crippen LogP contribution in [0.15, 0.2) is 53.7 Å². The predicted molar refractivity (Wildman–Crippen MR) is 130 cm³/mol. The number of hydrogen-bond donors (Lipinski definition) is 2. The van der Waals surface area contributed by atoms with Gasteiger partial charge in [-0.15, -0.1) is 11.3 Å². The molecule has 6 nitrogen and oxygen atoms in total. The van der Waals surface area contributed by atoms with E-state index in [-0.39, 0.29) is 32.5 Å². The van der Waals surface area contributed by atoms with Crippen LogP contribution >= 0.6 is 22.9 Å². The summed E-state index contributed by atoms with van der Waals surface area (Å²) in [5, 5.41) is 12.8. The summed E-state index contributed by atoms with van der Waals surface area (Å²) >= 11 is 7.18. The highest BCUT2D eigenvalue weighted by Gasteiger charge is 2.39. The smallest absolute Gasteiger partial charge is 0.336 e. The standard InChI is InChI=1S/C25H19ClFN3O3S/c1-3-16-18(25(32)33-2)17(14-8-5-9-15(26)20(14)27)19-21(29)23(34-24(19)30-16)22(31)13-7-4-6-12(10-13)11-28/h4-10,17,30H,3,29H2,1-2H3/t17-/m0/s1. The maximum Gasteiger partial charge on any atom is 0.336 e. The second kappa shape index (κ2) is 9.29. The van der Waals surface area contributed by atoms with Crippen LogP contribution in [-0.4, -0.2) is 18.9 Å². The molecule has 1 aliphatic heterocycles. The summed E-state index contributed by atoms with van der Waals surface area (Å²) < 4.78 is 20.3. The zero-order chi connectivity index (χ0) is 24.6. The number of nitrogens with two attached hydrogens (primary N) is 1. The molecule has 2 heterocycles. The molecule has 3 N–H and O–H groups in total. The van der Waals surface area contributed by atoms with Crippen molar-refractivity contribution in [3.8, 4) is 6.07 Å². The van der Waals surface area contributed by atoms with E-state index in [0.717, 1.165) is 11.3 Å². The normalized spacial score (nSPS) is 14.7. The Hall–Kier alpha value is -3.67. The lowest BCUT2D eigenvalue weighted by Gasteiger charge is -2.29. The molecular formula is C25H19ClFN3O3S. The van der Waals surface area contributed by atoms with Crippen molar-refractivity contribution in [1.82, 2.24) is 0 Å². The molecule has 4 rings (SSSR count). The number of nitrogens with one attached hydrogen (secondary N) is 1. The monoisotopic (exact) mass is 495 g/mol. The zero-order valence-electron chi connectivity index (χ0n) is 18.2. The molecule has 0 spiro atoms. The molecule has 1 aromatic heterocycles. The maximum absolute atomic E-state index is 15.2. The number of fused-ring (bicyclic) bond motifs is 1. The van der Waals surface area contributed by atoms with Crippen molar-refractivity contribution in [2.24, 2.45) is 0 Å². The molecule has 0 saturated carbocycles. The van der Waals surface area contributed by atoms with Crippen LogP contribution in [0.1, 0.15) is 51.2 Å². The van der Waals surface area contributed by atoms with Gasteiger partial charge in [-0.3, -0.25) is 4.79 Å². The van der Waals surface area contributed by atoms with E-state index < -0.39 is 17.7 Å². The number of carbonyl (C=O) groups excluding carboxylic acids is 2. The predicted octanol–water partition coefficient (Wildman–Crippen LogP) is 5.62. The van der Waals surface area contributed by atoms with Gasteiger partial charge in [0.05, 0.1) is 45.9 Å². The van der Waals surface area contributed by atoms with Crippen molar-refractivity contribution in [3.63, 3.8) is 0 Å². The van der Waals surface area contributed by atoms with E-state index in [0.29, 0.717) is 33.8 Å². The number of nitriles is 1. The molecule has 0 radical (unpaired) electrons. The number of anilines is 2. The first kappa shape index (κ1) is 23.5. The molecule has 3 aromatic rings. The minimum atomic E-state index is -0.930. The highest BCUT2D eigenvalue weighted by atomic mass is 35.5. The number of nitrogens with zero attached hydrogens (tertiary/aromatic N) is 1. The molecule has 9 heteroatoms. The molecular weight excluding hydrogens is 477 g/mol. The van der Waals surface area contributed by atoms with E-state index in [1.165, 1.54) is 25.3 Å². The molecule has 0 bridgehead atoms. The number of allylic oxidation sites excluding steroid dienone is 1. The van der Waals surface area contributed by atoms with Crippen molar-refractivity contribution in [3.05, 3.63) is 91.7 Å². The Labute approximate surface area is 204 Å². The number of nitrogen functional groups attached to an aromatic ring is 1. The van der Waals surface area contributed by atoms with Gasteiger partial charge in [0.1, 0.15) is 10.7 Å². The fourth-order valence-electron chi connectivity index (χ4n) is 4.07. The van der Waals surface area contributed by atoms with E-state index in [1.54, 1.807) is 24.3 Å². The fraction of sp³-hybridized carbons (Fsp3) is 0.160. The third-order valence-corrected chi connectivity index (χ3v) is 7.09. The van der Waals surface area contributed by atoms with Gasteiger partial charge < -0.3 is 15.8 Å². The lowest BCUT2D eigenvalue weighted by Crippen LogP contribution is -2.25. The van der Waals surface area contributed by atoms with Crippen LogP contribution in [0, 0.1) is 17.1 Å². The number of ketones is 1. The number of methoxy groups -OCH3 is 1. The Morgan fingerprint density at radius 3 is 2.71 bits per heavy atom. The molecule has 2 aromatic carbocycles. The van der Waals surface area contributed by atoms with Crippen LogP contribution in [0.2, 0.25) is 5.02 Å². The Morgan fingerprint density at radius 2 is 2.03 bits per heavy atom. The Kier molecular flexibility index (Phi) is 6.42. The summed E-state index contributed by atoms with van der Waals surface area (Å²) in [6.45, 7) is 1.85. The van der Waals surface area contributed by atoms with Crippen molar-refractivity contribution in [2.45, 2.75) is 19.3 Å². The molecule has 1 aliphatic rings. The molecule has 0 unspecified atom stereocenters. The number of halogens is 2. The molecule has 0 amide bonds. The van der Waals surface area contributed by atoms with Crippen LogP contribution < -0.4 is 11.1 Å². The second-order valence-electron chi connectivity index (χ2n) is 7.55. The number of esters is 1. The lowest BCUT2D eigenvalue weighted by atomic mass is 9.81. The summed E-state index contributed by atoms with van der Waals surface area (Å²) in [5.41, 5.74) is 8.55. The largest absolute Gasteiger partial charge is 0.466 e. The van der Waals surface area contributed by atoms with Gasteiger partial charge in [0.15, 0.2) is 0 Å². The van der Waals surface area contributed by atoms with Gasteiger partial charge in [-0.1, -0.05) is 42.8 Å².